The average molecular weight is 416 g/mol. The summed E-state index contributed by atoms with van der Waals surface area (Å²) < 4.78 is 15.6. The number of nitrogens with one attached hydrogen (secondary N) is 1. The fourth-order valence-corrected chi connectivity index (χ4v) is 3.47. The quantitative estimate of drug-likeness (QED) is 0.566. The number of hydrogen-bond acceptors (Lipinski definition) is 7. The van der Waals surface area contributed by atoms with Gasteiger partial charge in [0.2, 0.25) is 0 Å². The van der Waals surface area contributed by atoms with Gasteiger partial charge in [0.15, 0.2) is 0 Å². The lowest BCUT2D eigenvalue weighted by Gasteiger charge is -2.23. The number of esters is 1. The van der Waals surface area contributed by atoms with E-state index in [0.29, 0.717) is 12.6 Å². The van der Waals surface area contributed by atoms with Gasteiger partial charge in [-0.05, 0) is 57.9 Å². The maximum absolute atomic E-state index is 11.3. The minimum absolute atomic E-state index is 0.0418. The number of thiol groups is 1. The summed E-state index contributed by atoms with van der Waals surface area (Å²) in [5.74, 6) is 2.81. The van der Waals surface area contributed by atoms with E-state index in [2.05, 4.69) is 17.9 Å². The van der Waals surface area contributed by atoms with Gasteiger partial charge in [-0.2, -0.15) is 11.8 Å². The van der Waals surface area contributed by atoms with Crippen molar-refractivity contribution in [2.45, 2.75) is 51.2 Å². The van der Waals surface area contributed by atoms with Crippen LogP contribution in [0.1, 0.15) is 31.9 Å². The van der Waals surface area contributed by atoms with Crippen LogP contribution in [0.4, 0.5) is 0 Å². The van der Waals surface area contributed by atoms with Crippen molar-refractivity contribution in [3.63, 3.8) is 0 Å². The third-order valence-electron chi connectivity index (χ3n) is 3.66. The zero-order chi connectivity index (χ0) is 20.4. The Kier molecular flexibility index (Phi) is 10.6. The van der Waals surface area contributed by atoms with E-state index in [1.807, 2.05) is 58.5 Å². The largest absolute Gasteiger partial charge is 0.497 e. The van der Waals surface area contributed by atoms with Gasteiger partial charge >= 0.3 is 5.97 Å². The van der Waals surface area contributed by atoms with Crippen molar-refractivity contribution in [3.05, 3.63) is 23.3 Å². The molecular weight excluding hydrogens is 382 g/mol. The third-order valence-corrected chi connectivity index (χ3v) is 5.49. The van der Waals surface area contributed by atoms with E-state index in [4.69, 9.17) is 14.2 Å². The molecule has 1 fully saturated rings. The van der Waals surface area contributed by atoms with Crippen LogP contribution in [-0.4, -0.2) is 56.0 Å². The molecule has 0 radical (unpaired) electrons. The Hall–Kier alpha value is -0.890. The van der Waals surface area contributed by atoms with Crippen molar-refractivity contribution in [2.75, 3.05) is 38.4 Å². The van der Waals surface area contributed by atoms with Crippen LogP contribution in [0.5, 0.6) is 5.75 Å². The molecule has 1 heterocycles. The van der Waals surface area contributed by atoms with E-state index >= 15 is 0 Å². The first-order chi connectivity index (χ1) is 12.6. The Morgan fingerprint density at radius 1 is 1.30 bits per heavy atom. The first kappa shape index (κ1) is 24.1. The monoisotopic (exact) mass is 415 g/mol. The van der Waals surface area contributed by atoms with Crippen molar-refractivity contribution in [1.29, 1.82) is 0 Å². The number of hydrogen-bond donors (Lipinski definition) is 2. The SMILES string of the molecule is CC(C)(C)OC(=O)COCC1CSCCN1.COc1cc(C)c(S)c(C)c1. The maximum Gasteiger partial charge on any atom is 0.332 e. The Morgan fingerprint density at radius 2 is 1.93 bits per heavy atom. The Morgan fingerprint density at radius 3 is 2.41 bits per heavy atom. The predicted molar refractivity (Wildman–Crippen MR) is 115 cm³/mol. The highest BCUT2D eigenvalue weighted by Crippen LogP contribution is 2.23. The molecule has 0 aromatic heterocycles. The van der Waals surface area contributed by atoms with E-state index in [1.54, 1.807) is 7.11 Å². The van der Waals surface area contributed by atoms with Gasteiger partial charge in [0, 0.05) is 29.0 Å². The maximum atomic E-state index is 11.3. The molecule has 1 aliphatic heterocycles. The van der Waals surface area contributed by atoms with Gasteiger partial charge in [-0.15, -0.1) is 12.6 Å². The van der Waals surface area contributed by atoms with Gasteiger partial charge in [0.25, 0.3) is 0 Å². The van der Waals surface area contributed by atoms with Gasteiger partial charge in [-0.25, -0.2) is 4.79 Å². The van der Waals surface area contributed by atoms with Crippen molar-refractivity contribution in [3.8, 4) is 5.75 Å². The second-order valence-electron chi connectivity index (χ2n) is 7.44. The summed E-state index contributed by atoms with van der Waals surface area (Å²) >= 11 is 6.25. The second-order valence-corrected chi connectivity index (χ2v) is 9.03. The van der Waals surface area contributed by atoms with E-state index in [1.165, 1.54) is 0 Å². The minimum Gasteiger partial charge on any atom is -0.497 e. The number of aryl methyl sites for hydroxylation is 2. The van der Waals surface area contributed by atoms with Crippen LogP contribution in [0.3, 0.4) is 0 Å². The van der Waals surface area contributed by atoms with Crippen LogP contribution in [0, 0.1) is 13.8 Å². The molecule has 154 valence electrons. The summed E-state index contributed by atoms with van der Waals surface area (Å²) in [5, 5.41) is 3.34. The zero-order valence-corrected chi connectivity index (χ0v) is 19.0. The standard InChI is InChI=1S/C11H21NO3S.C9H12OS/c1-11(2,3)15-10(13)7-14-6-9-8-16-5-4-12-9;1-6-4-8(10-3)5-7(2)9(6)11/h9,12H,4-8H2,1-3H3;4-5,11H,1-3H3. The molecule has 1 saturated heterocycles. The third kappa shape index (κ3) is 10.3. The fraction of sp³-hybridized carbons (Fsp3) is 0.650. The highest BCUT2D eigenvalue weighted by Gasteiger charge is 2.17. The van der Waals surface area contributed by atoms with Crippen LogP contribution in [0.2, 0.25) is 0 Å². The number of rotatable bonds is 5. The molecule has 0 spiro atoms. The molecule has 1 aromatic carbocycles. The predicted octanol–water partition coefficient (Wildman–Crippen LogP) is 3.65. The van der Waals surface area contributed by atoms with Gasteiger partial charge in [-0.3, -0.25) is 0 Å². The molecule has 0 bridgehead atoms. The molecule has 1 aliphatic rings. The lowest BCUT2D eigenvalue weighted by molar-refractivity contribution is -0.160. The Bertz CT molecular complexity index is 573. The molecule has 7 heteroatoms. The molecule has 1 N–H and O–H groups in total. The van der Waals surface area contributed by atoms with Gasteiger partial charge in [-0.1, -0.05) is 0 Å². The summed E-state index contributed by atoms with van der Waals surface area (Å²) in [7, 11) is 1.67. The highest BCUT2D eigenvalue weighted by molar-refractivity contribution is 7.99. The molecule has 1 atom stereocenters. The molecule has 0 amide bonds. The number of ether oxygens (including phenoxy) is 3. The molecule has 1 unspecified atom stereocenters. The van der Waals surface area contributed by atoms with E-state index < -0.39 is 5.60 Å². The van der Waals surface area contributed by atoms with Gasteiger partial charge in [0.05, 0.1) is 13.7 Å². The Balaban J connectivity index is 0.000000289. The topological polar surface area (TPSA) is 56.8 Å². The van der Waals surface area contributed by atoms with Crippen LogP contribution in [-0.2, 0) is 14.3 Å². The smallest absolute Gasteiger partial charge is 0.332 e. The zero-order valence-electron chi connectivity index (χ0n) is 17.3. The Labute approximate surface area is 173 Å². The van der Waals surface area contributed by atoms with Crippen LogP contribution in [0.15, 0.2) is 17.0 Å². The lowest BCUT2D eigenvalue weighted by Crippen LogP contribution is -2.41. The van der Waals surface area contributed by atoms with Crippen molar-refractivity contribution < 1.29 is 19.0 Å². The normalized spacial score (nSPS) is 16.9. The number of methoxy groups -OCH3 is 1. The fourth-order valence-electron chi connectivity index (χ4n) is 2.42. The summed E-state index contributed by atoms with van der Waals surface area (Å²) in [4.78, 5) is 12.4. The molecule has 27 heavy (non-hydrogen) atoms. The summed E-state index contributed by atoms with van der Waals surface area (Å²) in [6.07, 6.45) is 0. The van der Waals surface area contributed by atoms with Crippen molar-refractivity contribution in [1.82, 2.24) is 5.32 Å². The average Bonchev–Trinajstić information content (AvgIpc) is 2.59. The summed E-state index contributed by atoms with van der Waals surface area (Å²) in [6, 6.07) is 4.33. The molecule has 0 saturated carbocycles. The van der Waals surface area contributed by atoms with Crippen molar-refractivity contribution in [2.24, 2.45) is 0 Å². The number of thioether (sulfide) groups is 1. The van der Waals surface area contributed by atoms with Crippen LogP contribution < -0.4 is 10.1 Å². The summed E-state index contributed by atoms with van der Waals surface area (Å²) in [6.45, 7) is 11.2. The molecule has 2 rings (SSSR count). The van der Waals surface area contributed by atoms with E-state index in [9.17, 15) is 4.79 Å². The van der Waals surface area contributed by atoms with Crippen molar-refractivity contribution >= 4 is 30.4 Å². The first-order valence-corrected chi connectivity index (χ1v) is 10.7. The number of carbonyl (C=O) groups excluding carboxylic acids is 1. The van der Waals surface area contributed by atoms with Crippen LogP contribution in [0.25, 0.3) is 0 Å². The second kappa shape index (κ2) is 11.8. The minimum atomic E-state index is -0.431. The highest BCUT2D eigenvalue weighted by atomic mass is 32.2. The molecule has 5 nitrogen and oxygen atoms in total. The molecule has 0 aliphatic carbocycles. The summed E-state index contributed by atoms with van der Waals surface area (Å²) in [5.41, 5.74) is 1.88. The van der Waals surface area contributed by atoms with E-state index in [0.717, 1.165) is 39.8 Å². The first-order valence-electron chi connectivity index (χ1n) is 9.07. The van der Waals surface area contributed by atoms with Crippen LogP contribution >= 0.6 is 24.4 Å². The lowest BCUT2D eigenvalue weighted by atomic mass is 10.1. The number of benzene rings is 1. The van der Waals surface area contributed by atoms with Gasteiger partial charge in [0.1, 0.15) is 18.0 Å². The molecular formula is C20H33NO4S2. The van der Waals surface area contributed by atoms with E-state index in [-0.39, 0.29) is 12.6 Å². The number of carbonyl (C=O) groups is 1. The van der Waals surface area contributed by atoms with Gasteiger partial charge < -0.3 is 19.5 Å². The molecule has 1 aromatic rings.